The zero-order valence-corrected chi connectivity index (χ0v) is 7.33. The molecule has 1 unspecified atom stereocenters. The van der Waals surface area contributed by atoms with Crippen molar-refractivity contribution in [1.82, 2.24) is 0 Å². The van der Waals surface area contributed by atoms with Gasteiger partial charge in [0.15, 0.2) is 0 Å². The van der Waals surface area contributed by atoms with Crippen molar-refractivity contribution in [2.24, 2.45) is 0 Å². The Morgan fingerprint density at radius 3 is 2.45 bits per heavy atom. The van der Waals surface area contributed by atoms with Gasteiger partial charge in [-0.3, -0.25) is 0 Å². The monoisotopic (exact) mass is 160 g/mol. The molecule has 0 aromatic carbocycles. The highest BCUT2D eigenvalue weighted by Crippen LogP contribution is 2.06. The molecule has 1 atom stereocenters. The molecule has 0 amide bonds. The molecular weight excluding hydrogens is 144 g/mol. The van der Waals surface area contributed by atoms with Crippen LogP contribution in [0.15, 0.2) is 12.7 Å². The van der Waals surface area contributed by atoms with E-state index in [1.54, 1.807) is 0 Å². The number of hydrogen-bond donors (Lipinski definition) is 1. The van der Waals surface area contributed by atoms with Crippen LogP contribution in [-0.2, 0) is 9.78 Å². The molecule has 0 radical (unpaired) electrons. The minimum atomic E-state index is -0.655. The summed E-state index contributed by atoms with van der Waals surface area (Å²) in [6, 6.07) is 0. The van der Waals surface area contributed by atoms with Crippen molar-refractivity contribution in [2.45, 2.75) is 32.5 Å². The minimum Gasteiger partial charge on any atom is -0.387 e. The van der Waals surface area contributed by atoms with Crippen molar-refractivity contribution in [3.05, 3.63) is 12.7 Å². The van der Waals surface area contributed by atoms with Gasteiger partial charge in [0.2, 0.25) is 0 Å². The Bertz CT molecular complexity index is 115. The highest BCUT2D eigenvalue weighted by atomic mass is 17.2. The lowest BCUT2D eigenvalue weighted by Gasteiger charge is -2.18. The molecule has 1 N–H and O–H groups in total. The lowest BCUT2D eigenvalue weighted by Crippen LogP contribution is -2.22. The Balaban J connectivity index is 3.35. The maximum atomic E-state index is 8.93. The van der Waals surface area contributed by atoms with Crippen molar-refractivity contribution in [2.75, 3.05) is 6.61 Å². The summed E-state index contributed by atoms with van der Waals surface area (Å²) in [6.07, 6.45) is 0.740. The third kappa shape index (κ3) is 7.52. The van der Waals surface area contributed by atoms with Crippen LogP contribution < -0.4 is 0 Å². The standard InChI is InChI=1S/C8H16O3/c1-5-7(9)6-10-11-8(2,3)4/h5,7,9H,1,6H2,2-4H3. The number of hydrogen-bond acceptors (Lipinski definition) is 3. The van der Waals surface area contributed by atoms with Crippen molar-refractivity contribution in [3.8, 4) is 0 Å². The molecule has 3 heteroatoms. The summed E-state index contributed by atoms with van der Waals surface area (Å²) < 4.78 is 0. The molecule has 0 aromatic rings. The first-order valence-corrected chi connectivity index (χ1v) is 3.57. The molecule has 0 bridgehead atoms. The lowest BCUT2D eigenvalue weighted by molar-refractivity contribution is -0.354. The molecule has 0 aliphatic carbocycles. The number of aliphatic hydroxyl groups is 1. The van der Waals surface area contributed by atoms with E-state index >= 15 is 0 Å². The largest absolute Gasteiger partial charge is 0.387 e. The van der Waals surface area contributed by atoms with Crippen LogP contribution in [0.5, 0.6) is 0 Å². The first-order valence-electron chi connectivity index (χ1n) is 3.57. The molecular formula is C8H16O3. The second-order valence-corrected chi connectivity index (χ2v) is 3.28. The van der Waals surface area contributed by atoms with E-state index in [1.165, 1.54) is 6.08 Å². The van der Waals surface area contributed by atoms with Gasteiger partial charge < -0.3 is 5.11 Å². The molecule has 0 heterocycles. The highest BCUT2D eigenvalue weighted by molar-refractivity contribution is 4.76. The van der Waals surface area contributed by atoms with Crippen LogP contribution in [0.4, 0.5) is 0 Å². The molecule has 0 aromatic heterocycles. The van der Waals surface area contributed by atoms with Crippen LogP contribution in [0.3, 0.4) is 0 Å². The predicted octanol–water partition coefficient (Wildman–Crippen LogP) is 1.28. The predicted molar refractivity (Wildman–Crippen MR) is 43.0 cm³/mol. The quantitative estimate of drug-likeness (QED) is 0.382. The normalized spacial score (nSPS) is 14.5. The third-order valence-corrected chi connectivity index (χ3v) is 0.820. The van der Waals surface area contributed by atoms with E-state index in [0.29, 0.717) is 0 Å². The van der Waals surface area contributed by atoms with Crippen LogP contribution >= 0.6 is 0 Å². The Labute approximate surface area is 67.6 Å². The van der Waals surface area contributed by atoms with E-state index in [9.17, 15) is 0 Å². The SMILES string of the molecule is C=CC(O)COOC(C)(C)C. The van der Waals surface area contributed by atoms with E-state index in [2.05, 4.69) is 6.58 Å². The first-order chi connectivity index (χ1) is 4.95. The number of aliphatic hydroxyl groups excluding tert-OH is 1. The second kappa shape index (κ2) is 4.49. The van der Waals surface area contributed by atoms with Crippen LogP contribution in [0.2, 0.25) is 0 Å². The van der Waals surface area contributed by atoms with Gasteiger partial charge in [-0.1, -0.05) is 6.08 Å². The third-order valence-electron chi connectivity index (χ3n) is 0.820. The van der Waals surface area contributed by atoms with Crippen LogP contribution in [0, 0.1) is 0 Å². The van der Waals surface area contributed by atoms with Gasteiger partial charge in [-0.25, -0.2) is 9.78 Å². The Morgan fingerprint density at radius 1 is 1.55 bits per heavy atom. The van der Waals surface area contributed by atoms with Gasteiger partial charge in [-0.15, -0.1) is 6.58 Å². The van der Waals surface area contributed by atoms with Gasteiger partial charge in [0.05, 0.1) is 11.7 Å². The molecule has 0 saturated heterocycles. The second-order valence-electron chi connectivity index (χ2n) is 3.28. The summed E-state index contributed by atoms with van der Waals surface area (Å²) in [5.74, 6) is 0. The molecule has 0 rings (SSSR count). The van der Waals surface area contributed by atoms with E-state index in [-0.39, 0.29) is 12.2 Å². The van der Waals surface area contributed by atoms with Crippen molar-refractivity contribution in [1.29, 1.82) is 0 Å². The van der Waals surface area contributed by atoms with E-state index in [1.807, 2.05) is 20.8 Å². The maximum Gasteiger partial charge on any atom is 0.112 e. The lowest BCUT2D eigenvalue weighted by atomic mass is 10.2. The fourth-order valence-electron chi connectivity index (χ4n) is 0.349. The average molecular weight is 160 g/mol. The van der Waals surface area contributed by atoms with Crippen LogP contribution in [0.25, 0.3) is 0 Å². The molecule has 0 fully saturated rings. The van der Waals surface area contributed by atoms with Gasteiger partial charge in [0.25, 0.3) is 0 Å². The Kier molecular flexibility index (Phi) is 4.33. The molecule has 11 heavy (non-hydrogen) atoms. The molecule has 66 valence electrons. The minimum absolute atomic E-state index is 0.126. The van der Waals surface area contributed by atoms with Gasteiger partial charge in [0.1, 0.15) is 6.61 Å². The Hall–Kier alpha value is -0.380. The van der Waals surface area contributed by atoms with Gasteiger partial charge in [-0.05, 0) is 20.8 Å². The maximum absolute atomic E-state index is 8.93. The molecule has 0 aliphatic heterocycles. The summed E-state index contributed by atoms with van der Waals surface area (Å²) >= 11 is 0. The summed E-state index contributed by atoms with van der Waals surface area (Å²) in [4.78, 5) is 9.62. The van der Waals surface area contributed by atoms with E-state index in [0.717, 1.165) is 0 Å². The highest BCUT2D eigenvalue weighted by Gasteiger charge is 2.11. The number of rotatable bonds is 4. The Morgan fingerprint density at radius 2 is 2.09 bits per heavy atom. The smallest absolute Gasteiger partial charge is 0.112 e. The first kappa shape index (κ1) is 10.6. The molecule has 0 saturated carbocycles. The fraction of sp³-hybridized carbons (Fsp3) is 0.750. The van der Waals surface area contributed by atoms with Gasteiger partial charge in [0, 0.05) is 0 Å². The van der Waals surface area contributed by atoms with Gasteiger partial charge >= 0.3 is 0 Å². The molecule has 0 aliphatic rings. The van der Waals surface area contributed by atoms with E-state index < -0.39 is 6.10 Å². The molecule has 3 nitrogen and oxygen atoms in total. The van der Waals surface area contributed by atoms with Crippen molar-refractivity contribution < 1.29 is 14.9 Å². The zero-order valence-electron chi connectivity index (χ0n) is 7.33. The summed E-state index contributed by atoms with van der Waals surface area (Å²) in [5, 5.41) is 8.93. The topological polar surface area (TPSA) is 38.7 Å². The average Bonchev–Trinajstić information content (AvgIpc) is 1.85. The van der Waals surface area contributed by atoms with Crippen molar-refractivity contribution in [3.63, 3.8) is 0 Å². The zero-order chi connectivity index (χ0) is 8.91. The molecule has 0 spiro atoms. The van der Waals surface area contributed by atoms with Crippen LogP contribution in [-0.4, -0.2) is 23.4 Å². The summed E-state index contributed by atoms with van der Waals surface area (Å²) in [7, 11) is 0. The van der Waals surface area contributed by atoms with Crippen LogP contribution in [0.1, 0.15) is 20.8 Å². The fourth-order valence-corrected chi connectivity index (χ4v) is 0.349. The summed E-state index contributed by atoms with van der Waals surface area (Å²) in [5.41, 5.74) is -0.332. The van der Waals surface area contributed by atoms with Crippen molar-refractivity contribution >= 4 is 0 Å². The summed E-state index contributed by atoms with van der Waals surface area (Å²) in [6.45, 7) is 9.12. The van der Waals surface area contributed by atoms with E-state index in [4.69, 9.17) is 14.9 Å². The van der Waals surface area contributed by atoms with Gasteiger partial charge in [-0.2, -0.15) is 0 Å².